The van der Waals surface area contributed by atoms with Crippen molar-refractivity contribution in [3.05, 3.63) is 83.4 Å². The van der Waals surface area contributed by atoms with Gasteiger partial charge in [-0.3, -0.25) is 14.4 Å². The van der Waals surface area contributed by atoms with Gasteiger partial charge < -0.3 is 24.8 Å². The molecule has 0 saturated heterocycles. The van der Waals surface area contributed by atoms with E-state index in [0.717, 1.165) is 32.1 Å². The zero-order valence-electron chi connectivity index (χ0n) is 24.1. The van der Waals surface area contributed by atoms with Crippen LogP contribution in [-0.4, -0.2) is 49.7 Å². The van der Waals surface area contributed by atoms with Crippen molar-refractivity contribution >= 4 is 35.6 Å². The van der Waals surface area contributed by atoms with Gasteiger partial charge in [-0.2, -0.15) is 5.10 Å². The molecule has 0 atom stereocenters. The largest absolute Gasteiger partial charge is 0.494 e. The van der Waals surface area contributed by atoms with Gasteiger partial charge in [-0.05, 0) is 79.9 Å². The van der Waals surface area contributed by atoms with Crippen LogP contribution in [0.15, 0.2) is 71.8 Å². The first-order chi connectivity index (χ1) is 20.9. The molecular weight excluding hydrogens is 552 g/mol. The van der Waals surface area contributed by atoms with Crippen molar-refractivity contribution in [3.8, 4) is 17.2 Å². The Labute approximate surface area is 249 Å². The molecule has 11 heteroatoms. The topological polar surface area (TPSA) is 144 Å². The molecule has 3 amide bonds. The van der Waals surface area contributed by atoms with Crippen LogP contribution in [0.3, 0.4) is 0 Å². The van der Waals surface area contributed by atoms with Gasteiger partial charge in [0.25, 0.3) is 5.91 Å². The number of carbonyl (C=O) groups excluding carboxylic acids is 4. The predicted molar refractivity (Wildman–Crippen MR) is 161 cm³/mol. The highest BCUT2D eigenvalue weighted by atomic mass is 16.6. The summed E-state index contributed by atoms with van der Waals surface area (Å²) in [4.78, 5) is 50.3. The highest BCUT2D eigenvalue weighted by molar-refractivity contribution is 6.40. The van der Waals surface area contributed by atoms with Crippen LogP contribution in [0.2, 0.25) is 0 Å². The molecule has 0 unspecified atom stereocenters. The number of nitrogens with zero attached hydrogens (tertiary/aromatic N) is 1. The fraction of sp³-hybridized carbons (Fsp3) is 0.281. The maximum atomic E-state index is 12.8. The molecule has 43 heavy (non-hydrogen) atoms. The zero-order valence-corrected chi connectivity index (χ0v) is 24.1. The number of amides is 3. The number of carbonyl (C=O) groups is 4. The van der Waals surface area contributed by atoms with Crippen LogP contribution in [0.4, 0.5) is 5.69 Å². The molecule has 11 nitrogen and oxygen atoms in total. The number of rotatable bonds is 10. The van der Waals surface area contributed by atoms with Gasteiger partial charge in [-0.1, -0.05) is 31.4 Å². The van der Waals surface area contributed by atoms with E-state index in [1.165, 1.54) is 19.4 Å². The average molecular weight is 587 g/mol. The molecule has 224 valence electrons. The normalized spacial score (nSPS) is 13.2. The molecule has 1 aliphatic rings. The average Bonchev–Trinajstić information content (AvgIpc) is 3.02. The van der Waals surface area contributed by atoms with E-state index in [1.807, 2.05) is 6.92 Å². The SMILES string of the molecule is CCOc1ccc(C(=O)Oc2ccc(/C=N\NC(=O)C(=O)Nc3ccccc3C(=O)NC3CCCCC3)cc2OC)cc1. The molecule has 0 heterocycles. The Morgan fingerprint density at radius 1 is 0.907 bits per heavy atom. The Morgan fingerprint density at radius 2 is 1.65 bits per heavy atom. The molecule has 0 aromatic heterocycles. The predicted octanol–water partition coefficient (Wildman–Crippen LogP) is 4.46. The van der Waals surface area contributed by atoms with Crippen LogP contribution in [0, 0.1) is 0 Å². The number of benzene rings is 3. The van der Waals surface area contributed by atoms with Crippen LogP contribution >= 0.6 is 0 Å². The lowest BCUT2D eigenvalue weighted by atomic mass is 9.95. The number of hydrazone groups is 1. The fourth-order valence-corrected chi connectivity index (χ4v) is 4.56. The molecule has 0 bridgehead atoms. The summed E-state index contributed by atoms with van der Waals surface area (Å²) in [6.07, 6.45) is 6.44. The van der Waals surface area contributed by atoms with E-state index in [9.17, 15) is 19.2 Å². The number of anilines is 1. The van der Waals surface area contributed by atoms with Gasteiger partial charge in [0.1, 0.15) is 5.75 Å². The molecule has 3 aromatic carbocycles. The van der Waals surface area contributed by atoms with E-state index >= 15 is 0 Å². The van der Waals surface area contributed by atoms with Crippen LogP contribution in [0.5, 0.6) is 17.2 Å². The lowest BCUT2D eigenvalue weighted by molar-refractivity contribution is -0.136. The highest BCUT2D eigenvalue weighted by Crippen LogP contribution is 2.28. The molecule has 3 N–H and O–H groups in total. The summed E-state index contributed by atoms with van der Waals surface area (Å²) in [5.74, 6) is -1.79. The second-order valence-electron chi connectivity index (χ2n) is 9.76. The van der Waals surface area contributed by atoms with Crippen LogP contribution in [0.25, 0.3) is 0 Å². The molecule has 1 saturated carbocycles. The Bertz CT molecular complexity index is 1480. The summed E-state index contributed by atoms with van der Waals surface area (Å²) in [5.41, 5.74) is 3.50. The zero-order chi connectivity index (χ0) is 30.6. The van der Waals surface area contributed by atoms with Crippen molar-refractivity contribution in [1.29, 1.82) is 0 Å². The number of esters is 1. The summed E-state index contributed by atoms with van der Waals surface area (Å²) < 4.78 is 16.2. The quantitative estimate of drug-likeness (QED) is 0.105. The van der Waals surface area contributed by atoms with E-state index in [2.05, 4.69) is 21.2 Å². The molecular formula is C32H34N4O7. The second kappa shape index (κ2) is 15.2. The Kier molecular flexibility index (Phi) is 10.8. The van der Waals surface area contributed by atoms with Gasteiger partial charge in [0.15, 0.2) is 11.5 Å². The summed E-state index contributed by atoms with van der Waals surface area (Å²) in [6.45, 7) is 2.39. The molecule has 1 aliphatic carbocycles. The fourth-order valence-electron chi connectivity index (χ4n) is 4.56. The Balaban J connectivity index is 1.32. The number of hydrogen-bond donors (Lipinski definition) is 3. The van der Waals surface area contributed by atoms with Crippen molar-refractivity contribution in [3.63, 3.8) is 0 Å². The summed E-state index contributed by atoms with van der Waals surface area (Å²) in [6, 6.07) is 17.8. The van der Waals surface area contributed by atoms with Crippen molar-refractivity contribution in [1.82, 2.24) is 10.7 Å². The number of ether oxygens (including phenoxy) is 3. The summed E-state index contributed by atoms with van der Waals surface area (Å²) >= 11 is 0. The lowest BCUT2D eigenvalue weighted by Gasteiger charge is -2.23. The molecule has 3 aromatic rings. The van der Waals surface area contributed by atoms with Gasteiger partial charge in [0.05, 0.1) is 36.7 Å². The molecule has 4 rings (SSSR count). The minimum atomic E-state index is -1.02. The molecule has 0 radical (unpaired) electrons. The van der Waals surface area contributed by atoms with Gasteiger partial charge in [0.2, 0.25) is 0 Å². The van der Waals surface area contributed by atoms with E-state index < -0.39 is 17.8 Å². The number of nitrogens with one attached hydrogen (secondary N) is 3. The van der Waals surface area contributed by atoms with Gasteiger partial charge in [-0.15, -0.1) is 0 Å². The first-order valence-corrected chi connectivity index (χ1v) is 14.0. The van der Waals surface area contributed by atoms with Crippen molar-refractivity contribution in [2.45, 2.75) is 45.1 Å². The minimum Gasteiger partial charge on any atom is -0.494 e. The smallest absolute Gasteiger partial charge is 0.343 e. The second-order valence-corrected chi connectivity index (χ2v) is 9.76. The Hall–Kier alpha value is -5.19. The highest BCUT2D eigenvalue weighted by Gasteiger charge is 2.21. The number of methoxy groups -OCH3 is 1. The van der Waals surface area contributed by atoms with Crippen molar-refractivity contribution in [2.75, 3.05) is 19.0 Å². The summed E-state index contributed by atoms with van der Waals surface area (Å²) in [7, 11) is 1.42. The molecule has 0 aliphatic heterocycles. The van der Waals surface area contributed by atoms with Crippen LogP contribution in [-0.2, 0) is 9.59 Å². The van der Waals surface area contributed by atoms with E-state index in [0.29, 0.717) is 23.5 Å². The summed E-state index contributed by atoms with van der Waals surface area (Å²) in [5, 5.41) is 9.33. The Morgan fingerprint density at radius 3 is 2.37 bits per heavy atom. The third kappa shape index (κ3) is 8.65. The standard InChI is InChI=1S/C32H34N4O7/c1-3-42-24-16-14-22(15-17-24)32(40)43-27-18-13-21(19-28(27)41-2)20-33-36-31(39)30(38)35-26-12-8-7-11-25(26)29(37)34-23-9-5-4-6-10-23/h7-8,11-20,23H,3-6,9-10H2,1-2H3,(H,34,37)(H,35,38)(H,36,39)/b33-20-. The lowest BCUT2D eigenvalue weighted by Crippen LogP contribution is -2.37. The van der Waals surface area contributed by atoms with Gasteiger partial charge in [-0.25, -0.2) is 10.2 Å². The van der Waals surface area contributed by atoms with Crippen molar-refractivity contribution in [2.24, 2.45) is 5.10 Å². The molecule has 0 spiro atoms. The monoisotopic (exact) mass is 586 g/mol. The van der Waals surface area contributed by atoms with Crippen molar-refractivity contribution < 1.29 is 33.4 Å². The first kappa shape index (κ1) is 30.8. The number of para-hydroxylation sites is 1. The first-order valence-electron chi connectivity index (χ1n) is 14.0. The van der Waals surface area contributed by atoms with E-state index in [4.69, 9.17) is 14.2 Å². The third-order valence-corrected chi connectivity index (χ3v) is 6.74. The third-order valence-electron chi connectivity index (χ3n) is 6.74. The molecule has 1 fully saturated rings. The van der Waals surface area contributed by atoms with Gasteiger partial charge in [0, 0.05) is 6.04 Å². The van der Waals surface area contributed by atoms with Crippen LogP contribution in [0.1, 0.15) is 65.3 Å². The minimum absolute atomic E-state index is 0.0978. The van der Waals surface area contributed by atoms with E-state index in [1.54, 1.807) is 60.7 Å². The van der Waals surface area contributed by atoms with E-state index in [-0.39, 0.29) is 34.7 Å². The van der Waals surface area contributed by atoms with Gasteiger partial charge >= 0.3 is 17.8 Å². The maximum absolute atomic E-state index is 12.8. The number of hydrogen-bond acceptors (Lipinski definition) is 8. The van der Waals surface area contributed by atoms with Crippen LogP contribution < -0.4 is 30.3 Å². The maximum Gasteiger partial charge on any atom is 0.343 e.